The van der Waals surface area contributed by atoms with Gasteiger partial charge in [0.05, 0.1) is 3.77 Å². The van der Waals surface area contributed by atoms with E-state index in [4.69, 9.17) is 12.2 Å². The second kappa shape index (κ2) is 4.45. The predicted octanol–water partition coefficient (Wildman–Crippen LogP) is 3.14. The number of rotatable bonds is 3. The first kappa shape index (κ1) is 8.57. The van der Waals surface area contributed by atoms with E-state index in [2.05, 4.69) is 29.8 Å². The lowest BCUT2D eigenvalue weighted by Gasteiger charge is -1.99. The van der Waals surface area contributed by atoms with Crippen LogP contribution in [0.25, 0.3) is 0 Å². The summed E-state index contributed by atoms with van der Waals surface area (Å²) in [7, 11) is 0. The standard InChI is InChI=1S/C6H11BrS/c1-5(2)3-4-6(7)8/h5H,3-4H2,1-2H3. The summed E-state index contributed by atoms with van der Waals surface area (Å²) in [4.78, 5) is 0. The molecule has 0 aromatic carbocycles. The lowest BCUT2D eigenvalue weighted by atomic mass is 10.1. The van der Waals surface area contributed by atoms with Gasteiger partial charge >= 0.3 is 0 Å². The molecule has 0 atom stereocenters. The second-order valence-corrected chi connectivity index (χ2v) is 4.26. The van der Waals surface area contributed by atoms with E-state index in [-0.39, 0.29) is 0 Å². The van der Waals surface area contributed by atoms with Gasteiger partial charge < -0.3 is 0 Å². The first-order chi connectivity index (χ1) is 3.63. The molecule has 0 unspecified atom stereocenters. The van der Waals surface area contributed by atoms with E-state index in [0.717, 1.165) is 16.1 Å². The van der Waals surface area contributed by atoms with E-state index in [1.165, 1.54) is 6.42 Å². The van der Waals surface area contributed by atoms with Crippen molar-refractivity contribution in [2.24, 2.45) is 5.92 Å². The summed E-state index contributed by atoms with van der Waals surface area (Å²) in [6, 6.07) is 0. The van der Waals surface area contributed by atoms with Gasteiger partial charge in [0.1, 0.15) is 0 Å². The third-order valence-corrected chi connectivity index (χ3v) is 1.52. The van der Waals surface area contributed by atoms with Crippen LogP contribution < -0.4 is 0 Å². The number of halogens is 1. The molecule has 8 heavy (non-hydrogen) atoms. The van der Waals surface area contributed by atoms with Crippen molar-refractivity contribution in [2.75, 3.05) is 0 Å². The highest BCUT2D eigenvalue weighted by molar-refractivity contribution is 9.20. The molecule has 2 heteroatoms. The topological polar surface area (TPSA) is 0 Å². The molecule has 0 aliphatic carbocycles. The maximum Gasteiger partial charge on any atom is 0.0579 e. The summed E-state index contributed by atoms with van der Waals surface area (Å²) in [6.45, 7) is 4.40. The maximum absolute atomic E-state index is 4.83. The first-order valence-corrected chi connectivity index (χ1v) is 4.01. The molecule has 0 fully saturated rings. The van der Waals surface area contributed by atoms with Gasteiger partial charge in [-0.25, -0.2) is 0 Å². The molecule has 0 nitrogen and oxygen atoms in total. The zero-order chi connectivity index (χ0) is 6.57. The summed E-state index contributed by atoms with van der Waals surface area (Å²) in [6.07, 6.45) is 2.23. The number of hydrogen-bond donors (Lipinski definition) is 0. The van der Waals surface area contributed by atoms with Gasteiger partial charge in [0.15, 0.2) is 0 Å². The fraction of sp³-hybridized carbons (Fsp3) is 0.833. The van der Waals surface area contributed by atoms with Gasteiger partial charge in [-0.05, 0) is 34.7 Å². The normalized spacial score (nSPS) is 10.0. The van der Waals surface area contributed by atoms with Crippen molar-refractivity contribution in [1.82, 2.24) is 0 Å². The highest BCUT2D eigenvalue weighted by Crippen LogP contribution is 2.07. The van der Waals surface area contributed by atoms with Crippen molar-refractivity contribution >= 4 is 31.9 Å². The van der Waals surface area contributed by atoms with E-state index >= 15 is 0 Å². The van der Waals surface area contributed by atoms with Crippen molar-refractivity contribution < 1.29 is 0 Å². The Labute approximate surface area is 64.8 Å². The summed E-state index contributed by atoms with van der Waals surface area (Å²) in [5.74, 6) is 0.769. The largest absolute Gasteiger partial charge is 0.0768 e. The van der Waals surface area contributed by atoms with Crippen LogP contribution in [0.5, 0.6) is 0 Å². The minimum atomic E-state index is 0.769. The molecule has 0 rings (SSSR count). The van der Waals surface area contributed by atoms with Gasteiger partial charge in [0.25, 0.3) is 0 Å². The van der Waals surface area contributed by atoms with Crippen molar-refractivity contribution in [3.63, 3.8) is 0 Å². The Balaban J connectivity index is 3.05. The molecule has 48 valence electrons. The van der Waals surface area contributed by atoms with E-state index < -0.39 is 0 Å². The van der Waals surface area contributed by atoms with Crippen molar-refractivity contribution in [3.05, 3.63) is 0 Å². The first-order valence-electron chi connectivity index (χ1n) is 2.81. The third-order valence-electron chi connectivity index (χ3n) is 0.918. The van der Waals surface area contributed by atoms with Crippen molar-refractivity contribution in [2.45, 2.75) is 26.7 Å². The van der Waals surface area contributed by atoms with E-state index in [9.17, 15) is 0 Å². The van der Waals surface area contributed by atoms with Crippen LogP contribution in [0.15, 0.2) is 0 Å². The van der Waals surface area contributed by atoms with Gasteiger partial charge in [-0.2, -0.15) is 0 Å². The fourth-order valence-electron chi connectivity index (χ4n) is 0.402. The highest BCUT2D eigenvalue weighted by atomic mass is 79.9. The zero-order valence-electron chi connectivity index (χ0n) is 5.28. The summed E-state index contributed by atoms with van der Waals surface area (Å²) >= 11 is 8.06. The quantitative estimate of drug-likeness (QED) is 0.492. The van der Waals surface area contributed by atoms with Crippen LogP contribution in [-0.4, -0.2) is 3.77 Å². The Morgan fingerprint density at radius 2 is 2.12 bits per heavy atom. The lowest BCUT2D eigenvalue weighted by Crippen LogP contribution is -1.89. The molecule has 0 saturated heterocycles. The van der Waals surface area contributed by atoms with Crippen LogP contribution in [0.2, 0.25) is 0 Å². The zero-order valence-corrected chi connectivity index (χ0v) is 7.68. The molecule has 0 radical (unpaired) electrons. The Morgan fingerprint density at radius 3 is 2.25 bits per heavy atom. The molecule has 0 aliphatic rings. The van der Waals surface area contributed by atoms with Gasteiger partial charge in [-0.3, -0.25) is 0 Å². The lowest BCUT2D eigenvalue weighted by molar-refractivity contribution is 0.607. The molecule has 0 bridgehead atoms. The van der Waals surface area contributed by atoms with E-state index in [0.29, 0.717) is 0 Å². The number of thiocarbonyl (C=S) groups is 1. The fourth-order valence-corrected chi connectivity index (χ4v) is 0.749. The van der Waals surface area contributed by atoms with E-state index in [1.807, 2.05) is 0 Å². The van der Waals surface area contributed by atoms with Gasteiger partial charge in [0.2, 0.25) is 0 Å². The minimum absolute atomic E-state index is 0.769. The average Bonchev–Trinajstić information content (AvgIpc) is 1.61. The smallest absolute Gasteiger partial charge is 0.0579 e. The highest BCUT2D eigenvalue weighted by Gasteiger charge is 1.94. The SMILES string of the molecule is CC(C)CCC(=S)Br. The monoisotopic (exact) mass is 194 g/mol. The molecular weight excluding hydrogens is 184 g/mol. The molecule has 0 aliphatic heterocycles. The molecule has 0 N–H and O–H groups in total. The maximum atomic E-state index is 4.83. The second-order valence-electron chi connectivity index (χ2n) is 2.29. The Bertz CT molecular complexity index is 78.6. The van der Waals surface area contributed by atoms with E-state index in [1.54, 1.807) is 0 Å². The van der Waals surface area contributed by atoms with Crippen LogP contribution in [0, 0.1) is 5.92 Å². The Morgan fingerprint density at radius 1 is 1.62 bits per heavy atom. The third kappa shape index (κ3) is 6.57. The Kier molecular flexibility index (Phi) is 4.77. The van der Waals surface area contributed by atoms with Crippen molar-refractivity contribution in [3.8, 4) is 0 Å². The van der Waals surface area contributed by atoms with Crippen LogP contribution in [0.4, 0.5) is 0 Å². The van der Waals surface area contributed by atoms with Gasteiger partial charge in [0, 0.05) is 0 Å². The predicted molar refractivity (Wildman–Crippen MR) is 45.6 cm³/mol. The van der Waals surface area contributed by atoms with Crippen molar-refractivity contribution in [1.29, 1.82) is 0 Å². The van der Waals surface area contributed by atoms with Gasteiger partial charge in [-0.15, -0.1) is 0 Å². The molecule has 0 saturated carbocycles. The number of hydrogen-bond acceptors (Lipinski definition) is 1. The van der Waals surface area contributed by atoms with Crippen LogP contribution in [0.3, 0.4) is 0 Å². The molecular formula is C6H11BrS. The summed E-state index contributed by atoms with van der Waals surface area (Å²) in [5, 5.41) is 0. The summed E-state index contributed by atoms with van der Waals surface area (Å²) < 4.78 is 0.950. The van der Waals surface area contributed by atoms with Gasteiger partial charge in [-0.1, -0.05) is 26.1 Å². The molecule has 0 spiro atoms. The molecule has 0 aromatic rings. The van der Waals surface area contributed by atoms with Crippen LogP contribution >= 0.6 is 28.1 Å². The van der Waals surface area contributed by atoms with Crippen LogP contribution in [0.1, 0.15) is 26.7 Å². The minimum Gasteiger partial charge on any atom is -0.0768 e. The average molecular weight is 195 g/mol. The molecule has 0 aromatic heterocycles. The molecule has 0 amide bonds. The summed E-state index contributed by atoms with van der Waals surface area (Å²) in [5.41, 5.74) is 0. The Hall–Kier alpha value is 0.570. The van der Waals surface area contributed by atoms with Crippen LogP contribution in [-0.2, 0) is 0 Å². The molecule has 0 heterocycles.